The normalized spacial score (nSPS) is 12.4. The molecule has 0 spiro atoms. The van der Waals surface area contributed by atoms with Gasteiger partial charge in [-0.1, -0.05) is 23.9 Å². The van der Waals surface area contributed by atoms with E-state index >= 15 is 0 Å². The van der Waals surface area contributed by atoms with Gasteiger partial charge in [-0.15, -0.1) is 0 Å². The molecule has 1 aliphatic heterocycles. The van der Waals surface area contributed by atoms with Crippen LogP contribution < -0.4 is 10.6 Å². The molecule has 1 aliphatic rings. The summed E-state index contributed by atoms with van der Waals surface area (Å²) in [7, 11) is 0. The highest BCUT2D eigenvalue weighted by Gasteiger charge is 2.20. The summed E-state index contributed by atoms with van der Waals surface area (Å²) < 4.78 is 0. The van der Waals surface area contributed by atoms with Crippen LogP contribution in [0.3, 0.4) is 0 Å². The standard InChI is InChI=1S/C20H16N4O2S/c25-19(23-8-7-13-10-21-12-22-11-13)14-5-6-18-16(9-14)24-20(26)15-3-1-2-4-17(15)27-18/h1-6,9-12H,7-8H2,(H,23,25)(H,24,26). The predicted molar refractivity (Wildman–Crippen MR) is 103 cm³/mol. The Bertz CT molecular complexity index is 1010. The number of carbonyl (C=O) groups is 2. The van der Waals surface area contributed by atoms with Crippen LogP contribution in [-0.2, 0) is 6.42 Å². The first-order valence-electron chi connectivity index (χ1n) is 8.45. The Labute approximate surface area is 160 Å². The maximum Gasteiger partial charge on any atom is 0.256 e. The third kappa shape index (κ3) is 3.83. The fourth-order valence-electron chi connectivity index (χ4n) is 2.79. The van der Waals surface area contributed by atoms with Gasteiger partial charge in [-0.25, -0.2) is 9.97 Å². The number of nitrogens with one attached hydrogen (secondary N) is 2. The molecule has 0 unspecified atom stereocenters. The van der Waals surface area contributed by atoms with Crippen molar-refractivity contribution in [3.05, 3.63) is 77.9 Å². The number of amides is 2. The van der Waals surface area contributed by atoms with Crippen molar-refractivity contribution in [3.8, 4) is 0 Å². The first kappa shape index (κ1) is 17.2. The number of hydrogen-bond acceptors (Lipinski definition) is 5. The monoisotopic (exact) mass is 376 g/mol. The lowest BCUT2D eigenvalue weighted by Crippen LogP contribution is -2.26. The quantitative estimate of drug-likeness (QED) is 0.731. The molecule has 7 heteroatoms. The van der Waals surface area contributed by atoms with E-state index in [1.807, 2.05) is 24.3 Å². The van der Waals surface area contributed by atoms with E-state index in [0.717, 1.165) is 15.4 Å². The number of fused-ring (bicyclic) bond motifs is 2. The summed E-state index contributed by atoms with van der Waals surface area (Å²) in [5.41, 5.74) is 2.74. The topological polar surface area (TPSA) is 84.0 Å². The van der Waals surface area contributed by atoms with Crippen LogP contribution in [0.5, 0.6) is 0 Å². The number of hydrogen-bond donors (Lipinski definition) is 2. The molecule has 2 amide bonds. The Morgan fingerprint density at radius 3 is 2.74 bits per heavy atom. The van der Waals surface area contributed by atoms with E-state index in [2.05, 4.69) is 20.6 Å². The van der Waals surface area contributed by atoms with Crippen LogP contribution in [-0.4, -0.2) is 28.3 Å². The zero-order chi connectivity index (χ0) is 18.6. The van der Waals surface area contributed by atoms with Crippen molar-refractivity contribution >= 4 is 29.3 Å². The zero-order valence-electron chi connectivity index (χ0n) is 14.3. The second-order valence-corrected chi connectivity index (χ2v) is 7.10. The van der Waals surface area contributed by atoms with Gasteiger partial charge in [0.05, 0.1) is 11.3 Å². The van der Waals surface area contributed by atoms with Crippen LogP contribution >= 0.6 is 11.8 Å². The second kappa shape index (κ2) is 7.59. The Hall–Kier alpha value is -3.19. The molecular weight excluding hydrogens is 360 g/mol. The van der Waals surface area contributed by atoms with Gasteiger partial charge >= 0.3 is 0 Å². The molecule has 2 N–H and O–H groups in total. The molecule has 4 rings (SSSR count). The fourth-order valence-corrected chi connectivity index (χ4v) is 3.80. The van der Waals surface area contributed by atoms with Crippen molar-refractivity contribution in [1.82, 2.24) is 15.3 Å². The Morgan fingerprint density at radius 2 is 1.89 bits per heavy atom. The first-order chi connectivity index (χ1) is 13.2. The number of aromatic nitrogens is 2. The molecule has 1 aromatic heterocycles. The van der Waals surface area contributed by atoms with Gasteiger partial charge in [0.25, 0.3) is 11.8 Å². The molecule has 0 saturated carbocycles. The van der Waals surface area contributed by atoms with E-state index in [0.29, 0.717) is 29.8 Å². The molecule has 0 fully saturated rings. The molecule has 134 valence electrons. The predicted octanol–water partition coefficient (Wildman–Crippen LogP) is 3.17. The van der Waals surface area contributed by atoms with Gasteiger partial charge in [-0.05, 0) is 42.3 Å². The lowest BCUT2D eigenvalue weighted by molar-refractivity contribution is 0.0952. The second-order valence-electron chi connectivity index (χ2n) is 6.02. The fraction of sp³-hybridized carbons (Fsp3) is 0.100. The molecule has 2 aromatic carbocycles. The van der Waals surface area contributed by atoms with E-state index in [-0.39, 0.29) is 11.8 Å². The van der Waals surface area contributed by atoms with Crippen LogP contribution in [0.2, 0.25) is 0 Å². The van der Waals surface area contributed by atoms with E-state index in [1.165, 1.54) is 18.1 Å². The van der Waals surface area contributed by atoms with E-state index in [9.17, 15) is 9.59 Å². The van der Waals surface area contributed by atoms with Crippen molar-refractivity contribution in [3.63, 3.8) is 0 Å². The number of benzene rings is 2. The summed E-state index contributed by atoms with van der Waals surface area (Å²) in [5, 5.41) is 5.78. The molecule has 0 aliphatic carbocycles. The van der Waals surface area contributed by atoms with Gasteiger partial charge in [0.1, 0.15) is 6.33 Å². The van der Waals surface area contributed by atoms with Crippen molar-refractivity contribution in [2.75, 3.05) is 11.9 Å². The van der Waals surface area contributed by atoms with E-state index in [1.54, 1.807) is 30.6 Å². The minimum absolute atomic E-state index is 0.168. The van der Waals surface area contributed by atoms with Crippen LogP contribution in [0.15, 0.2) is 71.0 Å². The van der Waals surface area contributed by atoms with Gasteiger partial charge in [0.15, 0.2) is 0 Å². The molecule has 2 heterocycles. The maximum absolute atomic E-state index is 12.4. The molecule has 0 bridgehead atoms. The SMILES string of the molecule is O=C(NCCc1cncnc1)c1ccc2c(c1)NC(=O)c1ccccc1S2. The highest BCUT2D eigenvalue weighted by atomic mass is 32.2. The van der Waals surface area contributed by atoms with Gasteiger partial charge in [-0.3, -0.25) is 9.59 Å². The third-order valence-electron chi connectivity index (χ3n) is 4.15. The Morgan fingerprint density at radius 1 is 1.07 bits per heavy atom. The maximum atomic E-state index is 12.4. The minimum atomic E-state index is -0.185. The first-order valence-corrected chi connectivity index (χ1v) is 9.27. The molecule has 27 heavy (non-hydrogen) atoms. The van der Waals surface area contributed by atoms with E-state index in [4.69, 9.17) is 0 Å². The average Bonchev–Trinajstić information content (AvgIpc) is 2.84. The molecule has 0 radical (unpaired) electrons. The van der Waals surface area contributed by atoms with Crippen molar-refractivity contribution in [2.24, 2.45) is 0 Å². The number of carbonyl (C=O) groups excluding carboxylic acids is 2. The van der Waals surface area contributed by atoms with E-state index < -0.39 is 0 Å². The molecule has 3 aromatic rings. The summed E-state index contributed by atoms with van der Waals surface area (Å²) in [4.78, 5) is 34.6. The molecular formula is C20H16N4O2S. The van der Waals surface area contributed by atoms with Crippen LogP contribution in [0.4, 0.5) is 5.69 Å². The lowest BCUT2D eigenvalue weighted by Gasteiger charge is -2.09. The van der Waals surface area contributed by atoms with Crippen molar-refractivity contribution < 1.29 is 9.59 Å². The molecule has 0 saturated heterocycles. The lowest BCUT2D eigenvalue weighted by atomic mass is 10.1. The van der Waals surface area contributed by atoms with Crippen LogP contribution in [0, 0.1) is 0 Å². The largest absolute Gasteiger partial charge is 0.352 e. The Kier molecular flexibility index (Phi) is 4.84. The van der Waals surface area contributed by atoms with Crippen LogP contribution in [0.1, 0.15) is 26.3 Å². The minimum Gasteiger partial charge on any atom is -0.352 e. The smallest absolute Gasteiger partial charge is 0.256 e. The molecule has 6 nitrogen and oxygen atoms in total. The van der Waals surface area contributed by atoms with Gasteiger partial charge < -0.3 is 10.6 Å². The molecule has 0 atom stereocenters. The highest BCUT2D eigenvalue weighted by molar-refractivity contribution is 7.99. The average molecular weight is 376 g/mol. The number of anilines is 1. The summed E-state index contributed by atoms with van der Waals surface area (Å²) >= 11 is 1.51. The zero-order valence-corrected chi connectivity index (χ0v) is 15.1. The summed E-state index contributed by atoms with van der Waals surface area (Å²) in [5.74, 6) is -0.353. The number of nitrogens with zero attached hydrogens (tertiary/aromatic N) is 2. The van der Waals surface area contributed by atoms with Crippen molar-refractivity contribution in [2.45, 2.75) is 16.2 Å². The summed E-state index contributed by atoms with van der Waals surface area (Å²) in [6.45, 7) is 0.482. The van der Waals surface area contributed by atoms with Gasteiger partial charge in [0, 0.05) is 34.3 Å². The summed E-state index contributed by atoms with van der Waals surface area (Å²) in [6.07, 6.45) is 5.58. The van der Waals surface area contributed by atoms with Crippen molar-refractivity contribution in [1.29, 1.82) is 0 Å². The Balaban J connectivity index is 1.47. The highest BCUT2D eigenvalue weighted by Crippen LogP contribution is 2.38. The van der Waals surface area contributed by atoms with Gasteiger partial charge in [0.2, 0.25) is 0 Å². The third-order valence-corrected chi connectivity index (χ3v) is 5.31. The number of rotatable bonds is 4. The van der Waals surface area contributed by atoms with Gasteiger partial charge in [-0.2, -0.15) is 0 Å². The summed E-state index contributed by atoms with van der Waals surface area (Å²) in [6, 6.07) is 12.8. The van der Waals surface area contributed by atoms with Crippen LogP contribution in [0.25, 0.3) is 0 Å².